The van der Waals surface area contributed by atoms with Crippen LogP contribution in [-0.2, 0) is 9.84 Å². The molecule has 0 amide bonds. The number of H-pyrrole nitrogens is 1. The van der Waals surface area contributed by atoms with E-state index < -0.39 is 9.84 Å². The monoisotopic (exact) mass is 267 g/mol. The molecule has 2 rings (SSSR count). The minimum absolute atomic E-state index is 0.121. The molecule has 0 saturated heterocycles. The van der Waals surface area contributed by atoms with Gasteiger partial charge in [-0.3, -0.25) is 5.10 Å². The van der Waals surface area contributed by atoms with Crippen LogP contribution in [0.1, 0.15) is 0 Å². The molecule has 18 heavy (non-hydrogen) atoms. The number of aromatic nitrogens is 2. The Morgan fingerprint density at radius 2 is 2.11 bits per heavy atom. The first-order chi connectivity index (χ1) is 8.43. The van der Waals surface area contributed by atoms with Gasteiger partial charge in [0.25, 0.3) is 0 Å². The lowest BCUT2D eigenvalue weighted by molar-refractivity contribution is 0.403. The predicted octanol–water partition coefficient (Wildman–Crippen LogP) is 1.07. The van der Waals surface area contributed by atoms with E-state index in [-0.39, 0.29) is 4.90 Å². The van der Waals surface area contributed by atoms with E-state index in [1.165, 1.54) is 7.11 Å². The predicted molar refractivity (Wildman–Crippen MR) is 68.1 cm³/mol. The van der Waals surface area contributed by atoms with Crippen LogP contribution in [0.3, 0.4) is 0 Å². The highest BCUT2D eigenvalue weighted by Gasteiger charge is 2.21. The molecule has 0 radical (unpaired) electrons. The number of methoxy groups -OCH3 is 1. The quantitative estimate of drug-likeness (QED) is 0.866. The van der Waals surface area contributed by atoms with Gasteiger partial charge in [0.05, 0.1) is 12.8 Å². The molecule has 1 aromatic carbocycles. The van der Waals surface area contributed by atoms with Gasteiger partial charge in [-0.1, -0.05) is 12.1 Å². The van der Waals surface area contributed by atoms with Crippen LogP contribution >= 0.6 is 0 Å². The van der Waals surface area contributed by atoms with Gasteiger partial charge < -0.3 is 10.5 Å². The number of nitrogens with two attached hydrogens (primary N) is 1. The Kier molecular flexibility index (Phi) is 3.00. The largest absolute Gasteiger partial charge is 0.495 e. The van der Waals surface area contributed by atoms with Gasteiger partial charge in [0.1, 0.15) is 16.5 Å². The first-order valence-electron chi connectivity index (χ1n) is 5.12. The highest BCUT2D eigenvalue weighted by molar-refractivity contribution is 7.91. The Balaban J connectivity index is 2.75. The second kappa shape index (κ2) is 4.34. The molecule has 3 N–H and O–H groups in total. The zero-order chi connectivity index (χ0) is 13.3. The van der Waals surface area contributed by atoms with Crippen LogP contribution in [0.5, 0.6) is 5.75 Å². The topological polar surface area (TPSA) is 98.1 Å². The maximum absolute atomic E-state index is 11.9. The molecular weight excluding hydrogens is 254 g/mol. The maximum atomic E-state index is 11.9. The van der Waals surface area contributed by atoms with Crippen molar-refractivity contribution in [1.29, 1.82) is 0 Å². The van der Waals surface area contributed by atoms with Gasteiger partial charge in [0.2, 0.25) is 0 Å². The van der Waals surface area contributed by atoms with Gasteiger partial charge in [-0.2, -0.15) is 5.10 Å². The first kappa shape index (κ1) is 12.4. The molecule has 2 aromatic rings. The molecule has 0 aliphatic carbocycles. The lowest BCUT2D eigenvalue weighted by atomic mass is 10.1. The SMILES string of the molecule is COc1cccc(-c2cc(N)n[nH]2)c1S(C)(=O)=O. The summed E-state index contributed by atoms with van der Waals surface area (Å²) in [6.45, 7) is 0. The molecular formula is C11H13N3O3S. The number of nitrogen functional groups attached to an aromatic ring is 1. The minimum Gasteiger partial charge on any atom is -0.495 e. The lowest BCUT2D eigenvalue weighted by Crippen LogP contribution is -2.03. The number of nitrogens with one attached hydrogen (secondary N) is 1. The second-order valence-corrected chi connectivity index (χ2v) is 5.77. The lowest BCUT2D eigenvalue weighted by Gasteiger charge is -2.10. The fourth-order valence-electron chi connectivity index (χ4n) is 1.75. The van der Waals surface area contributed by atoms with Crippen LogP contribution < -0.4 is 10.5 Å². The first-order valence-corrected chi connectivity index (χ1v) is 7.01. The highest BCUT2D eigenvalue weighted by Crippen LogP contribution is 2.33. The summed E-state index contributed by atoms with van der Waals surface area (Å²) in [6, 6.07) is 6.55. The summed E-state index contributed by atoms with van der Waals surface area (Å²) >= 11 is 0. The van der Waals surface area contributed by atoms with Crippen molar-refractivity contribution in [1.82, 2.24) is 10.2 Å². The molecule has 0 unspecified atom stereocenters. The summed E-state index contributed by atoms with van der Waals surface area (Å²) in [7, 11) is -2.00. The molecule has 6 nitrogen and oxygen atoms in total. The number of hydrogen-bond donors (Lipinski definition) is 2. The van der Waals surface area contributed by atoms with Gasteiger partial charge in [-0.15, -0.1) is 0 Å². The van der Waals surface area contributed by atoms with E-state index in [1.54, 1.807) is 24.3 Å². The number of hydrogen-bond acceptors (Lipinski definition) is 5. The molecule has 7 heteroatoms. The third-order valence-electron chi connectivity index (χ3n) is 2.46. The summed E-state index contributed by atoms with van der Waals surface area (Å²) in [4.78, 5) is 0.121. The van der Waals surface area contributed by atoms with E-state index in [0.717, 1.165) is 6.26 Å². The summed E-state index contributed by atoms with van der Waals surface area (Å²) in [5, 5.41) is 6.48. The summed E-state index contributed by atoms with van der Waals surface area (Å²) in [6.07, 6.45) is 1.13. The van der Waals surface area contributed by atoms with Crippen molar-refractivity contribution in [2.24, 2.45) is 0 Å². The van der Waals surface area contributed by atoms with Crippen LogP contribution in [0.2, 0.25) is 0 Å². The third-order valence-corrected chi connectivity index (χ3v) is 3.62. The zero-order valence-electron chi connectivity index (χ0n) is 9.97. The minimum atomic E-state index is -3.43. The smallest absolute Gasteiger partial charge is 0.179 e. The second-order valence-electron chi connectivity index (χ2n) is 3.82. The molecule has 0 spiro atoms. The molecule has 0 fully saturated rings. The van der Waals surface area contributed by atoms with Crippen LogP contribution in [0.15, 0.2) is 29.2 Å². The van der Waals surface area contributed by atoms with Crippen molar-refractivity contribution >= 4 is 15.7 Å². The molecule has 0 bridgehead atoms. The van der Waals surface area contributed by atoms with E-state index >= 15 is 0 Å². The average molecular weight is 267 g/mol. The number of benzene rings is 1. The Morgan fingerprint density at radius 1 is 1.39 bits per heavy atom. The van der Waals surface area contributed by atoms with Crippen LogP contribution in [0, 0.1) is 0 Å². The number of aromatic amines is 1. The number of sulfone groups is 1. The molecule has 0 saturated carbocycles. The van der Waals surface area contributed by atoms with E-state index in [9.17, 15) is 8.42 Å². The Morgan fingerprint density at radius 3 is 2.61 bits per heavy atom. The molecule has 1 aromatic heterocycles. The van der Waals surface area contributed by atoms with Crippen molar-refractivity contribution in [2.45, 2.75) is 4.90 Å². The summed E-state index contributed by atoms with van der Waals surface area (Å²) < 4.78 is 28.8. The number of rotatable bonds is 3. The van der Waals surface area contributed by atoms with Gasteiger partial charge in [-0.05, 0) is 6.07 Å². The summed E-state index contributed by atoms with van der Waals surface area (Å²) in [5.74, 6) is 0.593. The van der Waals surface area contributed by atoms with Gasteiger partial charge in [0.15, 0.2) is 9.84 Å². The van der Waals surface area contributed by atoms with Crippen LogP contribution in [-0.4, -0.2) is 32.0 Å². The molecule has 0 atom stereocenters. The van der Waals surface area contributed by atoms with Crippen LogP contribution in [0.4, 0.5) is 5.82 Å². The number of ether oxygens (including phenoxy) is 1. The van der Waals surface area contributed by atoms with Crippen LogP contribution in [0.25, 0.3) is 11.3 Å². The van der Waals surface area contributed by atoms with Crippen molar-refractivity contribution in [3.63, 3.8) is 0 Å². The van der Waals surface area contributed by atoms with Gasteiger partial charge >= 0.3 is 0 Å². The standard InChI is InChI=1S/C11H13N3O3S/c1-17-9-5-3-4-7(11(9)18(2,15)16)8-6-10(12)14-13-8/h3-6H,1-2H3,(H3,12,13,14). The fourth-order valence-corrected chi connectivity index (χ4v) is 2.84. The van der Waals surface area contributed by atoms with Gasteiger partial charge in [0, 0.05) is 17.9 Å². The van der Waals surface area contributed by atoms with Crippen molar-refractivity contribution in [2.75, 3.05) is 19.1 Å². The molecule has 1 heterocycles. The third kappa shape index (κ3) is 2.17. The van der Waals surface area contributed by atoms with E-state index in [1.807, 2.05) is 0 Å². The zero-order valence-corrected chi connectivity index (χ0v) is 10.8. The average Bonchev–Trinajstić information content (AvgIpc) is 2.73. The van der Waals surface area contributed by atoms with E-state index in [0.29, 0.717) is 22.8 Å². The van der Waals surface area contributed by atoms with Gasteiger partial charge in [-0.25, -0.2) is 8.42 Å². The number of nitrogens with zero attached hydrogens (tertiary/aromatic N) is 1. The van der Waals surface area contributed by atoms with Crippen molar-refractivity contribution in [3.05, 3.63) is 24.3 Å². The Labute approximate surface area is 105 Å². The normalized spacial score (nSPS) is 11.4. The Bertz CT molecular complexity index is 677. The van der Waals surface area contributed by atoms with E-state index in [4.69, 9.17) is 10.5 Å². The molecule has 0 aliphatic heterocycles. The Hall–Kier alpha value is -2.02. The highest BCUT2D eigenvalue weighted by atomic mass is 32.2. The van der Waals surface area contributed by atoms with E-state index in [2.05, 4.69) is 10.2 Å². The fraction of sp³-hybridized carbons (Fsp3) is 0.182. The molecule has 96 valence electrons. The number of anilines is 1. The molecule has 0 aliphatic rings. The maximum Gasteiger partial charge on any atom is 0.179 e. The van der Waals surface area contributed by atoms with Crippen molar-refractivity contribution in [3.8, 4) is 17.0 Å². The van der Waals surface area contributed by atoms with Crippen molar-refractivity contribution < 1.29 is 13.2 Å². The summed E-state index contributed by atoms with van der Waals surface area (Å²) in [5.41, 5.74) is 6.54.